The van der Waals surface area contributed by atoms with Gasteiger partial charge in [-0.15, -0.1) is 0 Å². The molecule has 0 fully saturated rings. The largest absolute Gasteiger partial charge is 0.497 e. The number of aromatic nitrogens is 1. The van der Waals surface area contributed by atoms with Gasteiger partial charge in [-0.05, 0) is 49.9 Å². The second-order valence-electron chi connectivity index (χ2n) is 9.49. The number of hydrogen-bond donors (Lipinski definition) is 1. The number of nitrogens with zero attached hydrogens (tertiary/aromatic N) is 4. The summed E-state index contributed by atoms with van der Waals surface area (Å²) in [5, 5.41) is 17.0. The zero-order valence-electron chi connectivity index (χ0n) is 22.3. The lowest BCUT2D eigenvalue weighted by Crippen LogP contribution is -2.35. The Labute approximate surface area is 236 Å². The summed E-state index contributed by atoms with van der Waals surface area (Å²) >= 11 is 1.30. The first-order valence-electron chi connectivity index (χ1n) is 12.8. The molecule has 1 amide bonds. The van der Waals surface area contributed by atoms with Gasteiger partial charge < -0.3 is 14.0 Å². The number of rotatable bonds is 7. The first kappa shape index (κ1) is 25.6. The van der Waals surface area contributed by atoms with Gasteiger partial charge in [0.05, 0.1) is 19.2 Å². The van der Waals surface area contributed by atoms with Gasteiger partial charge in [-0.3, -0.25) is 10.2 Å². The summed E-state index contributed by atoms with van der Waals surface area (Å²) in [6.45, 7) is 5.10. The third kappa shape index (κ3) is 4.69. The van der Waals surface area contributed by atoms with Gasteiger partial charge in [-0.2, -0.15) is 15.1 Å². The van der Waals surface area contributed by atoms with Crippen LogP contribution < -0.4 is 9.47 Å². The zero-order valence-corrected chi connectivity index (χ0v) is 23.2. The van der Waals surface area contributed by atoms with Crippen molar-refractivity contribution in [1.29, 1.82) is 5.41 Å². The number of carbonyl (C=O) groups excluding carboxylic acids is 1. The van der Waals surface area contributed by atoms with Crippen molar-refractivity contribution in [2.45, 2.75) is 20.4 Å². The third-order valence-corrected chi connectivity index (χ3v) is 7.90. The molecule has 0 spiro atoms. The molecule has 4 aromatic rings. The van der Waals surface area contributed by atoms with Crippen molar-refractivity contribution >= 4 is 50.7 Å². The van der Waals surface area contributed by atoms with Gasteiger partial charge in [0.2, 0.25) is 5.17 Å². The van der Waals surface area contributed by atoms with Crippen LogP contribution in [0.1, 0.15) is 22.4 Å². The average Bonchev–Trinajstić information content (AvgIpc) is 3.50. The Morgan fingerprint density at radius 3 is 2.58 bits per heavy atom. The van der Waals surface area contributed by atoms with Gasteiger partial charge >= 0.3 is 0 Å². The second-order valence-corrected chi connectivity index (χ2v) is 10.4. The normalized spacial score (nSPS) is 15.9. The van der Waals surface area contributed by atoms with E-state index in [2.05, 4.69) is 20.7 Å². The lowest BCUT2D eigenvalue weighted by Gasteiger charge is -2.20. The quantitative estimate of drug-likeness (QED) is 0.285. The molecule has 2 aliphatic heterocycles. The monoisotopic (exact) mass is 549 g/mol. The molecule has 3 heterocycles. The number of aliphatic imine (C=N–C) groups is 1. The Hall–Kier alpha value is -4.63. The van der Waals surface area contributed by atoms with Crippen molar-refractivity contribution < 1.29 is 14.3 Å². The first-order valence-corrected chi connectivity index (χ1v) is 13.7. The zero-order chi connectivity index (χ0) is 27.8. The molecule has 2 aliphatic rings. The number of hydrazone groups is 1. The number of ether oxygens (including phenoxy) is 2. The van der Waals surface area contributed by atoms with Crippen LogP contribution in [-0.2, 0) is 11.3 Å². The highest BCUT2D eigenvalue weighted by atomic mass is 32.2. The maximum atomic E-state index is 13.2. The Kier molecular flexibility index (Phi) is 6.73. The van der Waals surface area contributed by atoms with Gasteiger partial charge in [-0.1, -0.05) is 54.1 Å². The van der Waals surface area contributed by atoms with Gasteiger partial charge in [0.15, 0.2) is 5.84 Å². The molecule has 8 nitrogen and oxygen atoms in total. The second kappa shape index (κ2) is 10.5. The van der Waals surface area contributed by atoms with E-state index < -0.39 is 5.91 Å². The number of para-hydroxylation sites is 1. The van der Waals surface area contributed by atoms with Crippen LogP contribution in [0.5, 0.6) is 11.5 Å². The molecule has 200 valence electrons. The number of amidine groups is 2. The van der Waals surface area contributed by atoms with Crippen molar-refractivity contribution in [2.24, 2.45) is 10.1 Å². The lowest BCUT2D eigenvalue weighted by atomic mass is 10.1. The Morgan fingerprint density at radius 2 is 1.77 bits per heavy atom. The Morgan fingerprint density at radius 1 is 1.00 bits per heavy atom. The molecule has 3 aromatic carbocycles. The minimum absolute atomic E-state index is 0.0159. The smallest absolute Gasteiger partial charge is 0.283 e. The Bertz CT molecular complexity index is 1750. The highest BCUT2D eigenvalue weighted by Crippen LogP contribution is 2.33. The molecule has 1 aromatic heterocycles. The number of nitrogens with one attached hydrogen (secondary N) is 1. The van der Waals surface area contributed by atoms with Crippen LogP contribution in [0.15, 0.2) is 88.5 Å². The van der Waals surface area contributed by atoms with Crippen molar-refractivity contribution in [3.63, 3.8) is 0 Å². The highest BCUT2D eigenvalue weighted by molar-refractivity contribution is 8.27. The summed E-state index contributed by atoms with van der Waals surface area (Å²) in [6.07, 6.45) is 1.77. The Balaban J connectivity index is 1.30. The van der Waals surface area contributed by atoms with E-state index in [1.54, 1.807) is 13.2 Å². The van der Waals surface area contributed by atoms with E-state index in [-0.39, 0.29) is 11.4 Å². The molecule has 40 heavy (non-hydrogen) atoms. The van der Waals surface area contributed by atoms with Crippen LogP contribution in [-0.4, -0.2) is 45.2 Å². The maximum absolute atomic E-state index is 13.2. The molecular formula is C31H27N5O3S. The topological polar surface area (TPSA) is 92.3 Å². The summed E-state index contributed by atoms with van der Waals surface area (Å²) in [5.74, 6) is 1.05. The predicted molar refractivity (Wildman–Crippen MR) is 160 cm³/mol. The van der Waals surface area contributed by atoms with Crippen LogP contribution >= 0.6 is 11.8 Å². The number of methoxy groups -OCH3 is 1. The summed E-state index contributed by atoms with van der Waals surface area (Å²) in [6, 6.07) is 23.6. The van der Waals surface area contributed by atoms with E-state index >= 15 is 0 Å². The standard InChI is InChI=1S/C31H27N5O3S/c1-19-11-13-21(14-12-19)30-34-36-28(32)26(29(37)33-31(36)40-30)18-25-20(2)35(27-10-5-4-9-24(25)27)15-16-39-23-8-6-7-22(17-23)38-3/h4-14,17-18,32H,15-16H2,1-3H3/b26-18-,32-28?. The van der Waals surface area contributed by atoms with Crippen LogP contribution in [0.2, 0.25) is 0 Å². The lowest BCUT2D eigenvalue weighted by molar-refractivity contribution is -0.114. The van der Waals surface area contributed by atoms with E-state index in [1.807, 2.05) is 80.6 Å². The van der Waals surface area contributed by atoms with Crippen LogP contribution in [0.3, 0.4) is 0 Å². The summed E-state index contributed by atoms with van der Waals surface area (Å²) in [4.78, 5) is 17.4. The van der Waals surface area contributed by atoms with Gasteiger partial charge in [-0.25, -0.2) is 0 Å². The summed E-state index contributed by atoms with van der Waals surface area (Å²) in [5.41, 5.74) is 5.15. The van der Waals surface area contributed by atoms with Crippen molar-refractivity contribution in [1.82, 2.24) is 9.58 Å². The van der Waals surface area contributed by atoms with Crippen molar-refractivity contribution in [3.8, 4) is 11.5 Å². The van der Waals surface area contributed by atoms with Crippen molar-refractivity contribution in [2.75, 3.05) is 13.7 Å². The SMILES string of the molecule is COc1cccc(OCCn2c(C)c(/C=C3/C(=N)N4N=C(c5ccc(C)cc5)SC4=NC3=O)c3ccccc32)c1. The number of carbonyl (C=O) groups is 1. The molecule has 9 heteroatoms. The fourth-order valence-electron chi connectivity index (χ4n) is 4.82. The molecule has 0 atom stereocenters. The molecule has 0 bridgehead atoms. The summed E-state index contributed by atoms with van der Waals surface area (Å²) < 4.78 is 13.5. The third-order valence-electron chi connectivity index (χ3n) is 6.95. The minimum Gasteiger partial charge on any atom is -0.497 e. The van der Waals surface area contributed by atoms with E-state index in [4.69, 9.17) is 14.9 Å². The number of benzene rings is 3. The van der Waals surface area contributed by atoms with Gasteiger partial charge in [0, 0.05) is 33.8 Å². The molecule has 0 unspecified atom stereocenters. The number of hydrogen-bond acceptors (Lipinski definition) is 6. The molecule has 0 radical (unpaired) electrons. The number of fused-ring (bicyclic) bond motifs is 2. The van der Waals surface area contributed by atoms with Crippen molar-refractivity contribution in [3.05, 3.63) is 101 Å². The van der Waals surface area contributed by atoms with Gasteiger partial charge in [0.1, 0.15) is 23.1 Å². The number of aryl methyl sites for hydroxylation is 1. The molecule has 0 saturated carbocycles. The maximum Gasteiger partial charge on any atom is 0.283 e. The van der Waals surface area contributed by atoms with Crippen LogP contribution in [0, 0.1) is 19.3 Å². The average molecular weight is 550 g/mol. The molecule has 0 saturated heterocycles. The van der Waals surface area contributed by atoms with E-state index in [1.165, 1.54) is 16.8 Å². The highest BCUT2D eigenvalue weighted by Gasteiger charge is 2.36. The molecule has 0 aliphatic carbocycles. The fraction of sp³-hybridized carbons (Fsp3) is 0.161. The minimum atomic E-state index is -0.443. The predicted octanol–water partition coefficient (Wildman–Crippen LogP) is 6.01. The molecule has 6 rings (SSSR count). The summed E-state index contributed by atoms with van der Waals surface area (Å²) in [7, 11) is 1.63. The van der Waals surface area contributed by atoms with E-state index in [9.17, 15) is 4.79 Å². The first-order chi connectivity index (χ1) is 19.4. The van der Waals surface area contributed by atoms with Crippen LogP contribution in [0.25, 0.3) is 17.0 Å². The fourth-order valence-corrected chi connectivity index (χ4v) is 5.72. The van der Waals surface area contributed by atoms with E-state index in [0.717, 1.165) is 44.8 Å². The molecule has 1 N–H and O–H groups in total. The number of thioether (sulfide) groups is 1. The van der Waals surface area contributed by atoms with Gasteiger partial charge in [0.25, 0.3) is 5.91 Å². The van der Waals surface area contributed by atoms with Crippen LogP contribution in [0.4, 0.5) is 0 Å². The molecular weight excluding hydrogens is 522 g/mol. The van der Waals surface area contributed by atoms with E-state index in [0.29, 0.717) is 23.4 Å². The number of amides is 1.